The molecule has 0 radical (unpaired) electrons. The van der Waals surface area contributed by atoms with Crippen molar-refractivity contribution in [2.24, 2.45) is 0 Å². The van der Waals surface area contributed by atoms with Crippen LogP contribution in [0, 0.1) is 0 Å². The molecule has 0 aliphatic rings. The highest BCUT2D eigenvalue weighted by atomic mass is 16.7. The summed E-state index contributed by atoms with van der Waals surface area (Å²) in [4.78, 5) is 28.0. The fraction of sp³-hybridized carbons (Fsp3) is 0.172. The average Bonchev–Trinajstić information content (AvgIpc) is 3.43. The van der Waals surface area contributed by atoms with Crippen molar-refractivity contribution in [1.29, 1.82) is 0 Å². The van der Waals surface area contributed by atoms with Gasteiger partial charge < -0.3 is 23.9 Å². The molecule has 0 atom stereocenters. The first-order valence-electron chi connectivity index (χ1n) is 11.3. The van der Waals surface area contributed by atoms with Crippen LogP contribution in [0.4, 0.5) is 4.79 Å². The summed E-state index contributed by atoms with van der Waals surface area (Å²) in [5.74, 6) is 1.38. The lowest BCUT2D eigenvalue weighted by atomic mass is 9.78. The Labute approximate surface area is 209 Å². The van der Waals surface area contributed by atoms with Gasteiger partial charge in [0.05, 0.1) is 19.9 Å². The molecule has 0 spiro atoms. The molecule has 0 saturated heterocycles. The summed E-state index contributed by atoms with van der Waals surface area (Å²) in [6.45, 7) is 4.24. The summed E-state index contributed by atoms with van der Waals surface area (Å²) in [5, 5.41) is 0. The second-order valence-corrected chi connectivity index (χ2v) is 8.64. The zero-order valence-corrected chi connectivity index (χ0v) is 20.5. The summed E-state index contributed by atoms with van der Waals surface area (Å²) in [6.07, 6.45) is 0.731. The van der Waals surface area contributed by atoms with Gasteiger partial charge in [-0.1, -0.05) is 38.1 Å². The number of hydrogen-bond acceptors (Lipinski definition) is 6. The number of carbonyl (C=O) groups is 2. The molecule has 3 aromatic carbocycles. The minimum absolute atomic E-state index is 0.131. The molecule has 0 unspecified atom stereocenters. The Morgan fingerprint density at radius 2 is 1.25 bits per heavy atom. The predicted octanol–water partition coefficient (Wildman–Crippen LogP) is 6.17. The fourth-order valence-electron chi connectivity index (χ4n) is 3.83. The zero-order chi connectivity index (χ0) is 25.7. The normalized spacial score (nSPS) is 11.0. The lowest BCUT2D eigenvalue weighted by Gasteiger charge is -2.26. The summed E-state index contributed by atoms with van der Waals surface area (Å²) in [6, 6.07) is 23.1. The third-order valence-corrected chi connectivity index (χ3v) is 6.01. The number of nitrogens with one attached hydrogen (secondary N) is 1. The van der Waals surface area contributed by atoms with E-state index in [0.717, 1.165) is 16.9 Å². The van der Waals surface area contributed by atoms with E-state index in [1.807, 2.05) is 36.4 Å². The molecule has 0 aliphatic carbocycles. The van der Waals surface area contributed by atoms with E-state index in [9.17, 15) is 9.59 Å². The Morgan fingerprint density at radius 1 is 0.694 bits per heavy atom. The number of aromatic nitrogens is 1. The fourth-order valence-corrected chi connectivity index (χ4v) is 3.83. The van der Waals surface area contributed by atoms with Gasteiger partial charge in [0.2, 0.25) is 5.78 Å². The number of hydrogen-bond donors (Lipinski definition) is 1. The van der Waals surface area contributed by atoms with Gasteiger partial charge in [0.15, 0.2) is 0 Å². The Morgan fingerprint density at radius 3 is 1.81 bits per heavy atom. The van der Waals surface area contributed by atoms with Crippen molar-refractivity contribution in [2.75, 3.05) is 14.2 Å². The van der Waals surface area contributed by atoms with Crippen LogP contribution in [0.3, 0.4) is 0 Å². The van der Waals surface area contributed by atoms with Crippen LogP contribution in [0.1, 0.15) is 41.0 Å². The van der Waals surface area contributed by atoms with Crippen molar-refractivity contribution < 1.29 is 28.5 Å². The molecule has 1 heterocycles. The molecule has 0 aliphatic heterocycles. The van der Waals surface area contributed by atoms with Crippen molar-refractivity contribution in [1.82, 2.24) is 4.98 Å². The topological polar surface area (TPSA) is 86.8 Å². The molecule has 4 rings (SSSR count). The summed E-state index contributed by atoms with van der Waals surface area (Å²) in [7, 11) is 3.11. The van der Waals surface area contributed by atoms with E-state index in [1.54, 1.807) is 43.6 Å². The number of benzene rings is 3. The first-order valence-corrected chi connectivity index (χ1v) is 11.3. The first kappa shape index (κ1) is 24.6. The number of carbonyl (C=O) groups excluding carboxylic acids is 2. The molecule has 4 aromatic rings. The van der Waals surface area contributed by atoms with E-state index < -0.39 is 6.16 Å². The summed E-state index contributed by atoms with van der Waals surface area (Å²) in [5.41, 5.74) is 2.63. The highest BCUT2D eigenvalue weighted by Gasteiger charge is 2.23. The monoisotopic (exact) mass is 485 g/mol. The van der Waals surface area contributed by atoms with Crippen LogP contribution in [0.25, 0.3) is 0 Å². The van der Waals surface area contributed by atoms with Gasteiger partial charge in [-0.05, 0) is 59.7 Å². The van der Waals surface area contributed by atoms with E-state index in [1.165, 1.54) is 19.2 Å². The van der Waals surface area contributed by atoms with Crippen molar-refractivity contribution in [3.63, 3.8) is 0 Å². The molecule has 0 saturated carbocycles. The van der Waals surface area contributed by atoms with E-state index in [0.29, 0.717) is 22.8 Å². The first-order chi connectivity index (χ1) is 17.3. The third kappa shape index (κ3) is 5.41. The molecule has 7 heteroatoms. The lowest BCUT2D eigenvalue weighted by Crippen LogP contribution is -2.19. The molecule has 0 amide bonds. The second-order valence-electron chi connectivity index (χ2n) is 8.64. The van der Waals surface area contributed by atoms with Crippen LogP contribution < -0.4 is 18.9 Å². The third-order valence-electron chi connectivity index (χ3n) is 6.01. The van der Waals surface area contributed by atoms with Gasteiger partial charge in [-0.3, -0.25) is 4.79 Å². The van der Waals surface area contributed by atoms with Gasteiger partial charge in [-0.2, -0.15) is 0 Å². The standard InChI is InChI=1S/C29H27NO6/c1-29(2,20-7-11-22(33-3)12-8-20)21-9-13-23(14-10-21)35-28(32)36-25-17-19(16-24(18-25)34-4)27(31)26-6-5-15-30-26/h5-18,30H,1-4H3. The van der Waals surface area contributed by atoms with Crippen molar-refractivity contribution in [3.8, 4) is 23.0 Å². The zero-order valence-electron chi connectivity index (χ0n) is 20.5. The molecule has 0 fully saturated rings. The summed E-state index contributed by atoms with van der Waals surface area (Å²) < 4.78 is 21.2. The van der Waals surface area contributed by atoms with E-state index >= 15 is 0 Å². The highest BCUT2D eigenvalue weighted by molar-refractivity contribution is 6.08. The van der Waals surface area contributed by atoms with Crippen molar-refractivity contribution >= 4 is 11.9 Å². The number of ether oxygens (including phenoxy) is 4. The van der Waals surface area contributed by atoms with Gasteiger partial charge in [-0.25, -0.2) is 4.79 Å². The van der Waals surface area contributed by atoms with Gasteiger partial charge >= 0.3 is 6.16 Å². The number of H-pyrrole nitrogens is 1. The largest absolute Gasteiger partial charge is 0.519 e. The van der Waals surface area contributed by atoms with Crippen LogP contribution in [-0.2, 0) is 5.41 Å². The number of aromatic amines is 1. The highest BCUT2D eigenvalue weighted by Crippen LogP contribution is 2.33. The number of ketones is 1. The molecule has 1 N–H and O–H groups in total. The van der Waals surface area contributed by atoms with Gasteiger partial charge in [-0.15, -0.1) is 0 Å². The Kier molecular flexibility index (Phi) is 7.10. The minimum Gasteiger partial charge on any atom is -0.497 e. The average molecular weight is 486 g/mol. The molecule has 1 aromatic heterocycles. The van der Waals surface area contributed by atoms with E-state index in [2.05, 4.69) is 18.8 Å². The Bertz CT molecular complexity index is 1340. The van der Waals surface area contributed by atoms with Crippen LogP contribution in [-0.4, -0.2) is 31.1 Å². The molecule has 7 nitrogen and oxygen atoms in total. The maximum atomic E-state index is 12.7. The molecular formula is C29H27NO6. The molecular weight excluding hydrogens is 458 g/mol. The number of methoxy groups -OCH3 is 2. The maximum absolute atomic E-state index is 12.7. The van der Waals surface area contributed by atoms with Crippen LogP contribution >= 0.6 is 0 Å². The predicted molar refractivity (Wildman–Crippen MR) is 135 cm³/mol. The van der Waals surface area contributed by atoms with E-state index in [4.69, 9.17) is 18.9 Å². The molecule has 184 valence electrons. The van der Waals surface area contributed by atoms with Crippen molar-refractivity contribution in [3.05, 3.63) is 107 Å². The maximum Gasteiger partial charge on any atom is 0.519 e. The second kappa shape index (κ2) is 10.4. The van der Waals surface area contributed by atoms with Crippen LogP contribution in [0.15, 0.2) is 85.1 Å². The lowest BCUT2D eigenvalue weighted by molar-refractivity contribution is 0.103. The van der Waals surface area contributed by atoms with Gasteiger partial charge in [0.1, 0.15) is 23.0 Å². The van der Waals surface area contributed by atoms with Gasteiger partial charge in [0, 0.05) is 23.2 Å². The van der Waals surface area contributed by atoms with Crippen LogP contribution in [0.2, 0.25) is 0 Å². The molecule has 0 bridgehead atoms. The SMILES string of the molecule is COc1ccc(C(C)(C)c2ccc(OC(=O)Oc3cc(OC)cc(C(=O)c4ccc[nH]4)c3)cc2)cc1. The minimum atomic E-state index is -0.927. The van der Waals surface area contributed by atoms with E-state index in [-0.39, 0.29) is 16.9 Å². The number of rotatable bonds is 8. The smallest absolute Gasteiger partial charge is 0.497 e. The quantitative estimate of drug-likeness (QED) is 0.183. The van der Waals surface area contributed by atoms with Crippen molar-refractivity contribution in [2.45, 2.75) is 19.3 Å². The molecule has 36 heavy (non-hydrogen) atoms. The Balaban J connectivity index is 1.45. The Hall–Kier alpha value is -4.52. The van der Waals surface area contributed by atoms with Gasteiger partial charge in [0.25, 0.3) is 0 Å². The summed E-state index contributed by atoms with van der Waals surface area (Å²) >= 11 is 0. The van der Waals surface area contributed by atoms with Crippen LogP contribution in [0.5, 0.6) is 23.0 Å².